The molecule has 1 aromatic rings. The predicted molar refractivity (Wildman–Crippen MR) is 84.2 cm³/mol. The van der Waals surface area contributed by atoms with Crippen molar-refractivity contribution in [1.82, 2.24) is 4.90 Å². The van der Waals surface area contributed by atoms with Gasteiger partial charge in [-0.25, -0.2) is 0 Å². The minimum absolute atomic E-state index is 0. The van der Waals surface area contributed by atoms with E-state index in [9.17, 15) is 4.79 Å². The molecule has 5 heteroatoms. The number of nitrogens with two attached hydrogens (primary N) is 1. The SMILES string of the molecule is COC(C(=O)N1CC2CCC(N)C2C1)c1ccccc1.Cl. The zero-order valence-corrected chi connectivity index (χ0v) is 13.1. The molecule has 0 radical (unpaired) electrons. The van der Waals surface area contributed by atoms with Gasteiger partial charge in [0.1, 0.15) is 0 Å². The Morgan fingerprint density at radius 2 is 2.00 bits per heavy atom. The zero-order valence-electron chi connectivity index (χ0n) is 12.3. The number of benzene rings is 1. The van der Waals surface area contributed by atoms with Crippen molar-refractivity contribution in [3.63, 3.8) is 0 Å². The molecule has 4 nitrogen and oxygen atoms in total. The first-order chi connectivity index (χ1) is 9.70. The van der Waals surface area contributed by atoms with Crippen LogP contribution in [0, 0.1) is 11.8 Å². The van der Waals surface area contributed by atoms with Crippen molar-refractivity contribution in [3.8, 4) is 0 Å². The Kier molecular flexibility index (Phi) is 5.25. The number of hydrogen-bond donors (Lipinski definition) is 1. The molecule has 1 saturated carbocycles. The largest absolute Gasteiger partial charge is 0.367 e. The molecule has 1 heterocycles. The molecule has 1 aliphatic heterocycles. The highest BCUT2D eigenvalue weighted by molar-refractivity contribution is 5.85. The van der Waals surface area contributed by atoms with E-state index in [4.69, 9.17) is 10.5 Å². The molecule has 0 aromatic heterocycles. The molecule has 2 N–H and O–H groups in total. The third-order valence-corrected chi connectivity index (χ3v) is 4.79. The van der Waals surface area contributed by atoms with E-state index < -0.39 is 6.10 Å². The molecule has 2 aliphatic rings. The van der Waals surface area contributed by atoms with Crippen molar-refractivity contribution in [1.29, 1.82) is 0 Å². The lowest BCUT2D eigenvalue weighted by Gasteiger charge is -2.24. The first-order valence-corrected chi connectivity index (χ1v) is 7.33. The van der Waals surface area contributed by atoms with Gasteiger partial charge < -0.3 is 15.4 Å². The van der Waals surface area contributed by atoms with Gasteiger partial charge in [0.25, 0.3) is 5.91 Å². The highest BCUT2D eigenvalue weighted by Crippen LogP contribution is 2.38. The lowest BCUT2D eigenvalue weighted by atomic mass is 9.98. The predicted octanol–water partition coefficient (Wildman–Crippen LogP) is 1.99. The molecule has 1 saturated heterocycles. The van der Waals surface area contributed by atoms with Gasteiger partial charge in [0, 0.05) is 26.2 Å². The summed E-state index contributed by atoms with van der Waals surface area (Å²) in [4.78, 5) is 14.6. The average Bonchev–Trinajstić information content (AvgIpc) is 3.03. The van der Waals surface area contributed by atoms with E-state index in [-0.39, 0.29) is 24.4 Å². The fourth-order valence-corrected chi connectivity index (χ4v) is 3.66. The van der Waals surface area contributed by atoms with Crippen LogP contribution >= 0.6 is 12.4 Å². The second kappa shape index (κ2) is 6.77. The van der Waals surface area contributed by atoms with Crippen LogP contribution < -0.4 is 5.73 Å². The first-order valence-electron chi connectivity index (χ1n) is 7.33. The summed E-state index contributed by atoms with van der Waals surface area (Å²) in [6.45, 7) is 1.63. The Labute approximate surface area is 132 Å². The molecule has 4 unspecified atom stereocenters. The summed E-state index contributed by atoms with van der Waals surface area (Å²) in [7, 11) is 1.60. The van der Waals surface area contributed by atoms with Crippen LogP contribution in [0.3, 0.4) is 0 Å². The molecule has 0 spiro atoms. The van der Waals surface area contributed by atoms with Gasteiger partial charge in [0.15, 0.2) is 6.10 Å². The highest BCUT2D eigenvalue weighted by atomic mass is 35.5. The Morgan fingerprint density at radius 1 is 1.29 bits per heavy atom. The van der Waals surface area contributed by atoms with Gasteiger partial charge in [0.05, 0.1) is 0 Å². The lowest BCUT2D eigenvalue weighted by Crippen LogP contribution is -2.36. The van der Waals surface area contributed by atoms with E-state index in [1.807, 2.05) is 35.2 Å². The maximum Gasteiger partial charge on any atom is 0.256 e. The topological polar surface area (TPSA) is 55.6 Å². The molecule has 1 aliphatic carbocycles. The molecule has 116 valence electrons. The second-order valence-electron chi connectivity index (χ2n) is 5.93. The van der Waals surface area contributed by atoms with Crippen LogP contribution in [0.5, 0.6) is 0 Å². The van der Waals surface area contributed by atoms with E-state index in [0.29, 0.717) is 11.8 Å². The number of fused-ring (bicyclic) bond motifs is 1. The number of methoxy groups -OCH3 is 1. The molecular formula is C16H23ClN2O2. The molecule has 21 heavy (non-hydrogen) atoms. The summed E-state index contributed by atoms with van der Waals surface area (Å²) in [6, 6.07) is 9.95. The molecule has 3 rings (SSSR count). The summed E-state index contributed by atoms with van der Waals surface area (Å²) in [5.74, 6) is 1.13. The Balaban J connectivity index is 0.00000161. The van der Waals surface area contributed by atoms with Gasteiger partial charge in [-0.3, -0.25) is 4.79 Å². The highest BCUT2D eigenvalue weighted by Gasteiger charge is 2.43. The van der Waals surface area contributed by atoms with Crippen LogP contribution in [-0.2, 0) is 9.53 Å². The standard InChI is InChI=1S/C16H22N2O2.ClH/c1-20-15(11-5-3-2-4-6-11)16(19)18-9-12-7-8-14(17)13(12)10-18;/h2-6,12-15H,7-10,17H2,1H3;1H. The van der Waals surface area contributed by atoms with Crippen LogP contribution in [0.4, 0.5) is 0 Å². The summed E-state index contributed by atoms with van der Waals surface area (Å²) in [5.41, 5.74) is 7.05. The van der Waals surface area contributed by atoms with Gasteiger partial charge in [-0.15, -0.1) is 12.4 Å². The van der Waals surface area contributed by atoms with Crippen LogP contribution in [0.15, 0.2) is 30.3 Å². The molecule has 4 atom stereocenters. The van der Waals surface area contributed by atoms with Gasteiger partial charge in [-0.2, -0.15) is 0 Å². The average molecular weight is 311 g/mol. The van der Waals surface area contributed by atoms with E-state index in [1.165, 1.54) is 0 Å². The number of rotatable bonds is 3. The minimum Gasteiger partial charge on any atom is -0.367 e. The molecule has 1 aromatic carbocycles. The number of nitrogens with zero attached hydrogens (tertiary/aromatic N) is 1. The number of hydrogen-bond acceptors (Lipinski definition) is 3. The second-order valence-corrected chi connectivity index (χ2v) is 5.93. The molecule has 1 amide bonds. The molecule has 2 fully saturated rings. The third-order valence-electron chi connectivity index (χ3n) is 4.79. The molecular weight excluding hydrogens is 288 g/mol. The van der Waals surface area contributed by atoms with Gasteiger partial charge >= 0.3 is 0 Å². The Hall–Kier alpha value is -1.10. The van der Waals surface area contributed by atoms with Crippen molar-refractivity contribution >= 4 is 18.3 Å². The van der Waals surface area contributed by atoms with Crippen LogP contribution in [-0.4, -0.2) is 37.0 Å². The van der Waals surface area contributed by atoms with Crippen LogP contribution in [0.2, 0.25) is 0 Å². The van der Waals surface area contributed by atoms with Crippen LogP contribution in [0.25, 0.3) is 0 Å². The maximum atomic E-state index is 12.7. The Morgan fingerprint density at radius 3 is 2.62 bits per heavy atom. The normalized spacial score (nSPS) is 28.9. The quantitative estimate of drug-likeness (QED) is 0.929. The van der Waals surface area contributed by atoms with E-state index in [2.05, 4.69) is 0 Å². The number of amides is 1. The summed E-state index contributed by atoms with van der Waals surface area (Å²) >= 11 is 0. The lowest BCUT2D eigenvalue weighted by molar-refractivity contribution is -0.141. The summed E-state index contributed by atoms with van der Waals surface area (Å²) < 4.78 is 5.44. The Bertz CT molecular complexity index is 482. The number of halogens is 1. The van der Waals surface area contributed by atoms with Crippen molar-refractivity contribution < 1.29 is 9.53 Å². The monoisotopic (exact) mass is 310 g/mol. The fraction of sp³-hybridized carbons (Fsp3) is 0.562. The minimum atomic E-state index is -0.494. The number of ether oxygens (including phenoxy) is 1. The van der Waals surface area contributed by atoms with E-state index >= 15 is 0 Å². The number of likely N-dealkylation sites (tertiary alicyclic amines) is 1. The zero-order chi connectivity index (χ0) is 14.1. The maximum absolute atomic E-state index is 12.7. The summed E-state index contributed by atoms with van der Waals surface area (Å²) in [6.07, 6.45) is 1.76. The van der Waals surface area contributed by atoms with Gasteiger partial charge in [0.2, 0.25) is 0 Å². The smallest absolute Gasteiger partial charge is 0.256 e. The van der Waals surface area contributed by atoms with Crippen molar-refractivity contribution in [2.45, 2.75) is 25.0 Å². The first kappa shape index (κ1) is 16.3. The van der Waals surface area contributed by atoms with Crippen molar-refractivity contribution in [3.05, 3.63) is 35.9 Å². The number of carbonyl (C=O) groups is 1. The van der Waals surface area contributed by atoms with Crippen molar-refractivity contribution in [2.24, 2.45) is 17.6 Å². The fourth-order valence-electron chi connectivity index (χ4n) is 3.66. The van der Waals surface area contributed by atoms with Gasteiger partial charge in [-0.05, 0) is 30.2 Å². The summed E-state index contributed by atoms with van der Waals surface area (Å²) in [5, 5.41) is 0. The van der Waals surface area contributed by atoms with E-state index in [0.717, 1.165) is 31.5 Å². The third kappa shape index (κ3) is 3.07. The number of carbonyl (C=O) groups excluding carboxylic acids is 1. The van der Waals surface area contributed by atoms with Crippen molar-refractivity contribution in [2.75, 3.05) is 20.2 Å². The van der Waals surface area contributed by atoms with Crippen LogP contribution in [0.1, 0.15) is 24.5 Å². The van der Waals surface area contributed by atoms with Gasteiger partial charge in [-0.1, -0.05) is 30.3 Å². The van der Waals surface area contributed by atoms with E-state index in [1.54, 1.807) is 7.11 Å². The molecule has 0 bridgehead atoms.